The van der Waals surface area contributed by atoms with E-state index in [1.807, 2.05) is 32.0 Å². The molecule has 1 aliphatic heterocycles. The van der Waals surface area contributed by atoms with Crippen molar-refractivity contribution < 1.29 is 19.1 Å². The lowest BCUT2D eigenvalue weighted by atomic mass is 9.92. The highest BCUT2D eigenvalue weighted by molar-refractivity contribution is 6.09. The molecule has 130 valence electrons. The first-order valence-electron chi connectivity index (χ1n) is 7.82. The Morgan fingerprint density at radius 3 is 2.62 bits per heavy atom. The first-order chi connectivity index (χ1) is 11.3. The number of amides is 4. The van der Waals surface area contributed by atoms with Crippen LogP contribution in [0.25, 0.3) is 0 Å². The summed E-state index contributed by atoms with van der Waals surface area (Å²) in [4.78, 5) is 37.7. The van der Waals surface area contributed by atoms with Crippen LogP contribution in [0, 0.1) is 0 Å². The van der Waals surface area contributed by atoms with Gasteiger partial charge in [-0.1, -0.05) is 18.2 Å². The number of hydrogen-bond acceptors (Lipinski definition) is 4. The second kappa shape index (κ2) is 6.90. The van der Waals surface area contributed by atoms with Gasteiger partial charge in [0, 0.05) is 12.5 Å². The second-order valence-electron chi connectivity index (χ2n) is 6.36. The highest BCUT2D eigenvalue weighted by atomic mass is 16.5. The molecule has 0 aromatic heterocycles. The zero-order valence-corrected chi connectivity index (χ0v) is 14.4. The van der Waals surface area contributed by atoms with E-state index in [4.69, 9.17) is 4.74 Å². The predicted molar refractivity (Wildman–Crippen MR) is 88.6 cm³/mol. The summed E-state index contributed by atoms with van der Waals surface area (Å²) in [5.41, 5.74) is -0.297. The van der Waals surface area contributed by atoms with Gasteiger partial charge in [-0.3, -0.25) is 14.5 Å². The summed E-state index contributed by atoms with van der Waals surface area (Å²) in [6.45, 7) is 5.00. The van der Waals surface area contributed by atoms with Gasteiger partial charge in [-0.05, 0) is 32.4 Å². The van der Waals surface area contributed by atoms with E-state index in [2.05, 4.69) is 10.6 Å². The molecule has 1 fully saturated rings. The normalized spacial score (nSPS) is 20.3. The van der Waals surface area contributed by atoms with E-state index >= 15 is 0 Å². The monoisotopic (exact) mass is 333 g/mol. The van der Waals surface area contributed by atoms with Crippen molar-refractivity contribution in [2.24, 2.45) is 0 Å². The van der Waals surface area contributed by atoms with Crippen LogP contribution in [0.5, 0.6) is 5.75 Å². The lowest BCUT2D eigenvalue weighted by Crippen LogP contribution is -2.47. The molecule has 7 heteroatoms. The van der Waals surface area contributed by atoms with Gasteiger partial charge >= 0.3 is 6.03 Å². The van der Waals surface area contributed by atoms with Crippen molar-refractivity contribution in [3.63, 3.8) is 0 Å². The maximum Gasteiger partial charge on any atom is 0.325 e. The van der Waals surface area contributed by atoms with E-state index < -0.39 is 17.5 Å². The molecule has 0 bridgehead atoms. The second-order valence-corrected chi connectivity index (χ2v) is 6.36. The first kappa shape index (κ1) is 17.8. The van der Waals surface area contributed by atoms with Crippen molar-refractivity contribution >= 4 is 17.8 Å². The molecule has 2 rings (SSSR count). The predicted octanol–water partition coefficient (Wildman–Crippen LogP) is 1.07. The molecular formula is C17H23N3O4. The highest BCUT2D eigenvalue weighted by Crippen LogP contribution is 2.27. The van der Waals surface area contributed by atoms with Crippen molar-refractivity contribution in [2.45, 2.75) is 38.8 Å². The third kappa shape index (κ3) is 3.67. The molecule has 0 spiro atoms. The van der Waals surface area contributed by atoms with Gasteiger partial charge in [0.2, 0.25) is 5.91 Å². The summed E-state index contributed by atoms with van der Waals surface area (Å²) in [6.07, 6.45) is 0.282. The molecule has 4 amide bonds. The van der Waals surface area contributed by atoms with Gasteiger partial charge in [0.25, 0.3) is 5.91 Å². The number of carbonyl (C=O) groups excluding carboxylic acids is 3. The molecule has 2 N–H and O–H groups in total. The molecule has 1 aromatic carbocycles. The fourth-order valence-electron chi connectivity index (χ4n) is 2.75. The Balaban J connectivity index is 2.15. The summed E-state index contributed by atoms with van der Waals surface area (Å²) in [7, 11) is 1.55. The average Bonchev–Trinajstić information content (AvgIpc) is 2.70. The van der Waals surface area contributed by atoms with Gasteiger partial charge in [0.05, 0.1) is 7.11 Å². The lowest BCUT2D eigenvalue weighted by molar-refractivity contribution is -0.134. The Labute approximate surface area is 141 Å². The zero-order chi connectivity index (χ0) is 17.9. The van der Waals surface area contributed by atoms with Gasteiger partial charge in [-0.2, -0.15) is 0 Å². The minimum Gasteiger partial charge on any atom is -0.496 e. The van der Waals surface area contributed by atoms with Crippen LogP contribution < -0.4 is 15.4 Å². The first-order valence-corrected chi connectivity index (χ1v) is 7.82. The third-order valence-corrected chi connectivity index (χ3v) is 3.83. The van der Waals surface area contributed by atoms with Gasteiger partial charge in [-0.15, -0.1) is 0 Å². The van der Waals surface area contributed by atoms with E-state index in [0.717, 1.165) is 10.5 Å². The quantitative estimate of drug-likeness (QED) is 0.763. The topological polar surface area (TPSA) is 87.7 Å². The van der Waals surface area contributed by atoms with Crippen LogP contribution in [0.1, 0.15) is 26.3 Å². The molecular weight excluding hydrogens is 310 g/mol. The molecule has 7 nitrogen and oxygen atoms in total. The fourth-order valence-corrected chi connectivity index (χ4v) is 2.75. The summed E-state index contributed by atoms with van der Waals surface area (Å²) < 4.78 is 5.30. The number of urea groups is 1. The van der Waals surface area contributed by atoms with Crippen molar-refractivity contribution in [3.05, 3.63) is 29.8 Å². The number of imide groups is 1. The molecule has 1 aromatic rings. The molecule has 1 atom stereocenters. The number of hydrogen-bond donors (Lipinski definition) is 2. The Kier molecular flexibility index (Phi) is 5.11. The molecule has 24 heavy (non-hydrogen) atoms. The standard InChI is InChI=1S/C17H23N3O4/c1-11(2)18-14(21)10-20-15(22)17(3,19-16(20)23)9-12-7-5-6-8-13(12)24-4/h5-8,11H,9-10H2,1-4H3,(H,18,21)(H,19,23)/t17-/m1/s1. The molecule has 0 radical (unpaired) electrons. The van der Waals surface area contributed by atoms with Crippen LogP contribution >= 0.6 is 0 Å². The van der Waals surface area contributed by atoms with Crippen LogP contribution in [0.2, 0.25) is 0 Å². The number of methoxy groups -OCH3 is 1. The van der Waals surface area contributed by atoms with Crippen molar-refractivity contribution in [1.29, 1.82) is 0 Å². The number of rotatable bonds is 6. The summed E-state index contributed by atoms with van der Waals surface area (Å²) in [5.74, 6) is -0.135. The Bertz CT molecular complexity index is 659. The molecule has 0 aliphatic carbocycles. The molecule has 0 saturated carbocycles. The number of para-hydroxylation sites is 1. The third-order valence-electron chi connectivity index (χ3n) is 3.83. The molecule has 1 heterocycles. The number of benzene rings is 1. The Morgan fingerprint density at radius 1 is 1.33 bits per heavy atom. The van der Waals surface area contributed by atoms with Crippen molar-refractivity contribution in [1.82, 2.24) is 15.5 Å². The van der Waals surface area contributed by atoms with Crippen LogP contribution in [0.15, 0.2) is 24.3 Å². The van der Waals surface area contributed by atoms with Gasteiger partial charge in [0.15, 0.2) is 0 Å². The van der Waals surface area contributed by atoms with Gasteiger partial charge in [-0.25, -0.2) is 4.79 Å². The minimum atomic E-state index is -1.11. The zero-order valence-electron chi connectivity index (χ0n) is 14.4. The molecule has 1 aliphatic rings. The highest BCUT2D eigenvalue weighted by Gasteiger charge is 2.48. The van der Waals surface area contributed by atoms with E-state index in [1.54, 1.807) is 20.1 Å². The van der Waals surface area contributed by atoms with Crippen LogP contribution in [0.4, 0.5) is 4.79 Å². The maximum absolute atomic E-state index is 12.7. The largest absolute Gasteiger partial charge is 0.496 e. The number of nitrogens with zero attached hydrogens (tertiary/aromatic N) is 1. The van der Waals surface area contributed by atoms with Crippen LogP contribution in [0.3, 0.4) is 0 Å². The SMILES string of the molecule is COc1ccccc1C[C@@]1(C)NC(=O)N(CC(=O)NC(C)C)C1=O. The van der Waals surface area contributed by atoms with E-state index in [0.29, 0.717) is 5.75 Å². The number of carbonyl (C=O) groups is 3. The molecule has 1 saturated heterocycles. The van der Waals surface area contributed by atoms with Crippen molar-refractivity contribution in [2.75, 3.05) is 13.7 Å². The smallest absolute Gasteiger partial charge is 0.325 e. The average molecular weight is 333 g/mol. The van der Waals surface area contributed by atoms with E-state index in [9.17, 15) is 14.4 Å². The molecule has 0 unspecified atom stereocenters. The number of nitrogens with one attached hydrogen (secondary N) is 2. The summed E-state index contributed by atoms with van der Waals surface area (Å²) in [5, 5.41) is 5.36. The Morgan fingerprint density at radius 2 is 2.00 bits per heavy atom. The fraction of sp³-hybridized carbons (Fsp3) is 0.471. The number of ether oxygens (including phenoxy) is 1. The van der Waals surface area contributed by atoms with Crippen LogP contribution in [-0.4, -0.2) is 48.0 Å². The van der Waals surface area contributed by atoms with Gasteiger partial charge < -0.3 is 15.4 Å². The van der Waals surface area contributed by atoms with Crippen LogP contribution in [-0.2, 0) is 16.0 Å². The maximum atomic E-state index is 12.7. The minimum absolute atomic E-state index is 0.0572. The van der Waals surface area contributed by atoms with Crippen molar-refractivity contribution in [3.8, 4) is 5.75 Å². The summed E-state index contributed by atoms with van der Waals surface area (Å²) in [6, 6.07) is 6.71. The summed E-state index contributed by atoms with van der Waals surface area (Å²) >= 11 is 0. The van der Waals surface area contributed by atoms with E-state index in [1.165, 1.54) is 0 Å². The van der Waals surface area contributed by atoms with E-state index in [-0.39, 0.29) is 24.9 Å². The lowest BCUT2D eigenvalue weighted by Gasteiger charge is -2.23. The Hall–Kier alpha value is -2.57. The van der Waals surface area contributed by atoms with Gasteiger partial charge in [0.1, 0.15) is 17.8 Å².